The quantitative estimate of drug-likeness (QED) is 0.285. The van der Waals surface area contributed by atoms with Crippen LogP contribution in [0, 0.1) is 0 Å². The molecule has 0 fully saturated rings. The first kappa shape index (κ1) is 11.8. The predicted molar refractivity (Wildman–Crippen MR) is 55.7 cm³/mol. The fourth-order valence-corrected chi connectivity index (χ4v) is 1.00. The lowest BCUT2D eigenvalue weighted by molar-refractivity contribution is 0.489. The minimum atomic E-state index is 0.889. The molecule has 0 spiro atoms. The van der Waals surface area contributed by atoms with Gasteiger partial charge in [-0.25, -0.2) is 0 Å². The van der Waals surface area contributed by atoms with E-state index < -0.39 is 0 Å². The molecule has 0 aromatic carbocycles. The van der Waals surface area contributed by atoms with E-state index in [1.165, 1.54) is 12.0 Å². The van der Waals surface area contributed by atoms with Crippen molar-refractivity contribution in [3.63, 3.8) is 0 Å². The van der Waals surface area contributed by atoms with Crippen molar-refractivity contribution in [1.82, 2.24) is 4.90 Å². The van der Waals surface area contributed by atoms with Gasteiger partial charge in [0.05, 0.1) is 12.9 Å². The first-order valence-electron chi connectivity index (χ1n) is 4.02. The second kappa shape index (κ2) is 7.43. The van der Waals surface area contributed by atoms with Crippen molar-refractivity contribution in [2.75, 3.05) is 33.5 Å². The van der Waals surface area contributed by atoms with E-state index in [2.05, 4.69) is 4.99 Å². The highest BCUT2D eigenvalue weighted by atomic mass is 32.2. The molecule has 0 aliphatic carbocycles. The molecule has 3 nitrogen and oxygen atoms in total. The average molecular weight is 190 g/mol. The zero-order valence-electron chi connectivity index (χ0n) is 8.33. The van der Waals surface area contributed by atoms with Crippen LogP contribution in [0.15, 0.2) is 4.99 Å². The number of nitrogens with zero attached hydrogens (tertiary/aromatic N) is 2. The van der Waals surface area contributed by atoms with Gasteiger partial charge in [-0.1, -0.05) is 0 Å². The van der Waals surface area contributed by atoms with Crippen molar-refractivity contribution in [2.24, 2.45) is 4.99 Å². The third-order valence-electron chi connectivity index (χ3n) is 1.49. The third kappa shape index (κ3) is 6.49. The third-order valence-corrected chi connectivity index (χ3v) is 2.18. The molecule has 0 aliphatic heterocycles. The monoisotopic (exact) mass is 190 g/mol. The molecule has 0 aromatic rings. The highest BCUT2D eigenvalue weighted by molar-refractivity contribution is 7.94. The number of hydrogen-bond acceptors (Lipinski definition) is 3. The molecule has 4 heteroatoms. The summed E-state index contributed by atoms with van der Waals surface area (Å²) in [6.07, 6.45) is 1.07. The molecule has 12 heavy (non-hydrogen) atoms. The lowest BCUT2D eigenvalue weighted by Crippen LogP contribution is -2.18. The lowest BCUT2D eigenvalue weighted by atomic mass is 10.5. The van der Waals surface area contributed by atoms with E-state index in [1.807, 2.05) is 25.9 Å². The Bertz CT molecular complexity index is 137. The standard InChI is InChI=1S/C8H18N2OS/c1-8(10(2)3)9-6-5-7-12-11-4/h5-7H2,1-4H3. The molecule has 0 aliphatic rings. The van der Waals surface area contributed by atoms with Gasteiger partial charge in [-0.2, -0.15) is 0 Å². The van der Waals surface area contributed by atoms with Gasteiger partial charge in [0.1, 0.15) is 0 Å². The second-order valence-electron chi connectivity index (χ2n) is 2.67. The maximum Gasteiger partial charge on any atom is 0.0952 e. The fraction of sp³-hybridized carbons (Fsp3) is 0.875. The van der Waals surface area contributed by atoms with E-state index in [1.54, 1.807) is 7.11 Å². The van der Waals surface area contributed by atoms with Crippen molar-refractivity contribution in [1.29, 1.82) is 0 Å². The highest BCUT2D eigenvalue weighted by Crippen LogP contribution is 2.01. The molecule has 0 atom stereocenters. The van der Waals surface area contributed by atoms with Crippen molar-refractivity contribution in [2.45, 2.75) is 13.3 Å². The van der Waals surface area contributed by atoms with Crippen LogP contribution in [0.2, 0.25) is 0 Å². The van der Waals surface area contributed by atoms with Crippen LogP contribution in [-0.4, -0.2) is 44.2 Å². The van der Waals surface area contributed by atoms with Crippen LogP contribution in [-0.2, 0) is 4.18 Å². The minimum absolute atomic E-state index is 0.889. The normalized spacial score (nSPS) is 11.8. The molecule has 0 heterocycles. The molecule has 0 amide bonds. The summed E-state index contributed by atoms with van der Waals surface area (Å²) in [5, 5.41) is 0. The number of hydrogen-bond donors (Lipinski definition) is 0. The number of rotatable bonds is 5. The maximum absolute atomic E-state index is 4.85. The van der Waals surface area contributed by atoms with Crippen LogP contribution in [0.1, 0.15) is 13.3 Å². The van der Waals surface area contributed by atoms with Gasteiger partial charge in [-0.3, -0.25) is 4.99 Å². The minimum Gasteiger partial charge on any atom is -0.367 e. The van der Waals surface area contributed by atoms with Gasteiger partial charge in [0.2, 0.25) is 0 Å². The fourth-order valence-electron chi connectivity index (χ4n) is 0.589. The second-order valence-corrected chi connectivity index (χ2v) is 3.64. The molecule has 0 rings (SSSR count). The Morgan fingerprint density at radius 3 is 2.67 bits per heavy atom. The summed E-state index contributed by atoms with van der Waals surface area (Å²) in [5.41, 5.74) is 0. The summed E-state index contributed by atoms with van der Waals surface area (Å²) in [5.74, 6) is 2.10. The molecule has 72 valence electrons. The van der Waals surface area contributed by atoms with E-state index in [4.69, 9.17) is 4.18 Å². The van der Waals surface area contributed by atoms with Crippen molar-refractivity contribution < 1.29 is 4.18 Å². The Balaban J connectivity index is 3.34. The van der Waals surface area contributed by atoms with Crippen molar-refractivity contribution in [3.05, 3.63) is 0 Å². The lowest BCUT2D eigenvalue weighted by Gasteiger charge is -2.10. The van der Waals surface area contributed by atoms with E-state index in [0.717, 1.165) is 24.6 Å². The van der Waals surface area contributed by atoms with Crippen LogP contribution in [0.25, 0.3) is 0 Å². The van der Waals surface area contributed by atoms with Crippen LogP contribution >= 0.6 is 12.0 Å². The predicted octanol–water partition coefficient (Wildman–Crippen LogP) is 1.65. The molecular weight excluding hydrogens is 172 g/mol. The summed E-state index contributed by atoms with van der Waals surface area (Å²) < 4.78 is 4.85. The molecule has 0 N–H and O–H groups in total. The summed E-state index contributed by atoms with van der Waals surface area (Å²) in [4.78, 5) is 6.39. The molecule has 0 bridgehead atoms. The topological polar surface area (TPSA) is 24.8 Å². The zero-order chi connectivity index (χ0) is 9.40. The highest BCUT2D eigenvalue weighted by Gasteiger charge is 1.91. The smallest absolute Gasteiger partial charge is 0.0952 e. The van der Waals surface area contributed by atoms with Crippen LogP contribution in [0.5, 0.6) is 0 Å². The largest absolute Gasteiger partial charge is 0.367 e. The Labute approximate surface area is 79.4 Å². The molecule has 0 saturated heterocycles. The van der Waals surface area contributed by atoms with Gasteiger partial charge in [0.25, 0.3) is 0 Å². The van der Waals surface area contributed by atoms with Gasteiger partial charge in [-0.15, -0.1) is 0 Å². The van der Waals surface area contributed by atoms with E-state index in [-0.39, 0.29) is 0 Å². The number of amidine groups is 1. The summed E-state index contributed by atoms with van der Waals surface area (Å²) in [6, 6.07) is 0. The van der Waals surface area contributed by atoms with E-state index in [9.17, 15) is 0 Å². The van der Waals surface area contributed by atoms with Gasteiger partial charge in [0, 0.05) is 26.4 Å². The summed E-state index contributed by atoms with van der Waals surface area (Å²) in [6.45, 7) is 2.91. The van der Waals surface area contributed by atoms with Crippen LogP contribution in [0.3, 0.4) is 0 Å². The van der Waals surface area contributed by atoms with Crippen molar-refractivity contribution >= 4 is 17.9 Å². The Morgan fingerprint density at radius 1 is 1.50 bits per heavy atom. The van der Waals surface area contributed by atoms with Crippen molar-refractivity contribution in [3.8, 4) is 0 Å². The molecule has 0 unspecified atom stereocenters. The Hall–Kier alpha value is -0.220. The Morgan fingerprint density at radius 2 is 2.17 bits per heavy atom. The number of aliphatic imine (C=N–C) groups is 1. The van der Waals surface area contributed by atoms with Gasteiger partial charge >= 0.3 is 0 Å². The molecule has 0 aromatic heterocycles. The SMILES string of the molecule is COSCCCN=C(C)N(C)C. The van der Waals surface area contributed by atoms with Gasteiger partial charge in [-0.05, 0) is 25.4 Å². The maximum atomic E-state index is 4.85. The molecular formula is C8H18N2OS. The summed E-state index contributed by atoms with van der Waals surface area (Å²) >= 11 is 1.49. The van der Waals surface area contributed by atoms with Gasteiger partial charge in [0.15, 0.2) is 0 Å². The molecule has 0 saturated carbocycles. The molecule has 0 radical (unpaired) electrons. The van der Waals surface area contributed by atoms with E-state index in [0.29, 0.717) is 0 Å². The van der Waals surface area contributed by atoms with Crippen LogP contribution in [0.4, 0.5) is 0 Å². The Kier molecular flexibility index (Phi) is 7.29. The van der Waals surface area contributed by atoms with Crippen LogP contribution < -0.4 is 0 Å². The zero-order valence-corrected chi connectivity index (χ0v) is 9.15. The average Bonchev–Trinajstić information content (AvgIpc) is 2.03. The first-order chi connectivity index (χ1) is 5.68. The van der Waals surface area contributed by atoms with E-state index >= 15 is 0 Å². The summed E-state index contributed by atoms with van der Waals surface area (Å²) in [7, 11) is 5.70. The van der Waals surface area contributed by atoms with Gasteiger partial charge < -0.3 is 9.08 Å². The first-order valence-corrected chi connectivity index (χ1v) is 4.93.